The quantitative estimate of drug-likeness (QED) is 0.636. The minimum absolute atomic E-state index is 0.0980. The lowest BCUT2D eigenvalue weighted by atomic mass is 10.2. The largest absolute Gasteiger partial charge is 0.468 e. The van der Waals surface area contributed by atoms with Crippen molar-refractivity contribution in [2.45, 2.75) is 6.54 Å². The number of para-hydroxylation sites is 2. The summed E-state index contributed by atoms with van der Waals surface area (Å²) in [7, 11) is 0. The van der Waals surface area contributed by atoms with Crippen molar-refractivity contribution in [2.75, 3.05) is 38.0 Å². The number of furan rings is 1. The highest BCUT2D eigenvalue weighted by atomic mass is 16.6. The Morgan fingerprint density at radius 3 is 2.52 bits per heavy atom. The molecule has 1 saturated heterocycles. The van der Waals surface area contributed by atoms with Gasteiger partial charge < -0.3 is 9.73 Å². The normalized spacial score (nSPS) is 15.8. The summed E-state index contributed by atoms with van der Waals surface area (Å²) in [5.74, 6) is 0.691. The first-order chi connectivity index (χ1) is 12.1. The Morgan fingerprint density at radius 1 is 1.12 bits per heavy atom. The molecule has 1 N–H and O–H groups in total. The molecule has 0 aliphatic carbocycles. The van der Waals surface area contributed by atoms with Crippen LogP contribution >= 0.6 is 0 Å². The van der Waals surface area contributed by atoms with E-state index in [1.54, 1.807) is 18.4 Å². The second-order valence-electron chi connectivity index (χ2n) is 5.95. The number of carbonyl (C=O) groups excluding carboxylic acids is 1. The van der Waals surface area contributed by atoms with Crippen molar-refractivity contribution < 1.29 is 14.1 Å². The van der Waals surface area contributed by atoms with Crippen molar-refractivity contribution in [2.24, 2.45) is 0 Å². The summed E-state index contributed by atoms with van der Waals surface area (Å²) in [6, 6.07) is 9.98. The average Bonchev–Trinajstić information content (AvgIpc) is 3.10. The minimum Gasteiger partial charge on any atom is -0.468 e. The fourth-order valence-electron chi connectivity index (χ4n) is 2.86. The third kappa shape index (κ3) is 4.65. The van der Waals surface area contributed by atoms with Gasteiger partial charge in [-0.05, 0) is 18.2 Å². The lowest BCUT2D eigenvalue weighted by Crippen LogP contribution is -2.48. The second kappa shape index (κ2) is 7.91. The van der Waals surface area contributed by atoms with Gasteiger partial charge in [-0.2, -0.15) is 0 Å². The van der Waals surface area contributed by atoms with Gasteiger partial charge in [-0.15, -0.1) is 0 Å². The van der Waals surface area contributed by atoms with Gasteiger partial charge in [0.05, 0.1) is 24.3 Å². The van der Waals surface area contributed by atoms with Crippen LogP contribution in [0.3, 0.4) is 0 Å². The molecule has 0 radical (unpaired) electrons. The van der Waals surface area contributed by atoms with Crippen molar-refractivity contribution in [3.8, 4) is 0 Å². The molecule has 1 aromatic carbocycles. The van der Waals surface area contributed by atoms with Crippen LogP contribution < -0.4 is 5.32 Å². The number of carbonyl (C=O) groups is 1. The fourth-order valence-corrected chi connectivity index (χ4v) is 2.86. The van der Waals surface area contributed by atoms with Crippen LogP contribution in [0.5, 0.6) is 0 Å². The van der Waals surface area contributed by atoms with E-state index in [0.717, 1.165) is 38.5 Å². The zero-order valence-corrected chi connectivity index (χ0v) is 13.8. The Hall–Kier alpha value is -2.71. The van der Waals surface area contributed by atoms with E-state index < -0.39 is 4.92 Å². The molecular formula is C17H20N4O4. The molecule has 0 bridgehead atoms. The first-order valence-corrected chi connectivity index (χ1v) is 8.12. The topological polar surface area (TPSA) is 91.9 Å². The number of rotatable bonds is 6. The van der Waals surface area contributed by atoms with Crippen LogP contribution in [0.4, 0.5) is 11.4 Å². The molecule has 0 unspecified atom stereocenters. The highest BCUT2D eigenvalue weighted by Crippen LogP contribution is 2.23. The second-order valence-corrected chi connectivity index (χ2v) is 5.95. The van der Waals surface area contributed by atoms with Gasteiger partial charge in [-0.3, -0.25) is 24.7 Å². The predicted octanol–water partition coefficient (Wildman–Crippen LogP) is 1.94. The maximum atomic E-state index is 12.2. The molecule has 3 rings (SSSR count). The monoisotopic (exact) mass is 344 g/mol. The molecule has 8 heteroatoms. The van der Waals surface area contributed by atoms with Crippen molar-refractivity contribution >= 4 is 17.3 Å². The molecule has 2 aromatic rings. The van der Waals surface area contributed by atoms with Gasteiger partial charge >= 0.3 is 0 Å². The van der Waals surface area contributed by atoms with Crippen LogP contribution in [0.25, 0.3) is 0 Å². The van der Waals surface area contributed by atoms with Crippen LogP contribution in [0, 0.1) is 10.1 Å². The molecule has 2 heterocycles. The summed E-state index contributed by atoms with van der Waals surface area (Å²) in [4.78, 5) is 27.0. The van der Waals surface area contributed by atoms with E-state index in [1.165, 1.54) is 12.1 Å². The molecular weight excluding hydrogens is 324 g/mol. The first-order valence-electron chi connectivity index (χ1n) is 8.12. The molecule has 0 saturated carbocycles. The highest BCUT2D eigenvalue weighted by Gasteiger charge is 2.21. The number of nitro benzene ring substituents is 1. The summed E-state index contributed by atoms with van der Waals surface area (Å²) in [6.45, 7) is 4.22. The molecule has 1 aliphatic rings. The summed E-state index contributed by atoms with van der Waals surface area (Å²) in [6.07, 6.45) is 1.67. The van der Waals surface area contributed by atoms with Gasteiger partial charge in [-0.25, -0.2) is 0 Å². The van der Waals surface area contributed by atoms with Crippen LogP contribution in [-0.2, 0) is 11.3 Å². The van der Waals surface area contributed by atoms with Crippen molar-refractivity contribution in [1.29, 1.82) is 0 Å². The number of hydrogen-bond acceptors (Lipinski definition) is 6. The van der Waals surface area contributed by atoms with Gasteiger partial charge in [0, 0.05) is 32.2 Å². The Morgan fingerprint density at radius 2 is 1.84 bits per heavy atom. The maximum absolute atomic E-state index is 12.2. The van der Waals surface area contributed by atoms with E-state index in [1.807, 2.05) is 17.0 Å². The zero-order valence-electron chi connectivity index (χ0n) is 13.8. The highest BCUT2D eigenvalue weighted by molar-refractivity contribution is 5.94. The van der Waals surface area contributed by atoms with Gasteiger partial charge in [0.25, 0.3) is 5.69 Å². The number of benzene rings is 1. The van der Waals surface area contributed by atoms with E-state index in [4.69, 9.17) is 4.42 Å². The Kier molecular flexibility index (Phi) is 5.42. The molecule has 8 nitrogen and oxygen atoms in total. The molecule has 1 fully saturated rings. The molecule has 25 heavy (non-hydrogen) atoms. The van der Waals surface area contributed by atoms with Crippen LogP contribution in [0.2, 0.25) is 0 Å². The zero-order chi connectivity index (χ0) is 17.6. The first kappa shape index (κ1) is 17.1. The van der Waals surface area contributed by atoms with E-state index >= 15 is 0 Å². The van der Waals surface area contributed by atoms with Crippen LogP contribution in [-0.4, -0.2) is 53.4 Å². The van der Waals surface area contributed by atoms with E-state index in [0.29, 0.717) is 0 Å². The molecule has 1 amide bonds. The molecule has 1 aromatic heterocycles. The Balaban J connectivity index is 1.47. The molecule has 0 spiro atoms. The van der Waals surface area contributed by atoms with E-state index in [-0.39, 0.29) is 23.8 Å². The summed E-state index contributed by atoms with van der Waals surface area (Å²) < 4.78 is 5.35. The molecule has 1 aliphatic heterocycles. The fraction of sp³-hybridized carbons (Fsp3) is 0.353. The smallest absolute Gasteiger partial charge is 0.292 e. The van der Waals surface area contributed by atoms with Crippen molar-refractivity contribution in [3.05, 3.63) is 58.5 Å². The molecule has 0 atom stereocenters. The number of nitro groups is 1. The number of nitrogens with zero attached hydrogens (tertiary/aromatic N) is 3. The lowest BCUT2D eigenvalue weighted by Gasteiger charge is -2.33. The van der Waals surface area contributed by atoms with Crippen LogP contribution in [0.15, 0.2) is 47.1 Å². The van der Waals surface area contributed by atoms with Gasteiger partial charge in [-0.1, -0.05) is 12.1 Å². The third-order valence-electron chi connectivity index (χ3n) is 4.17. The van der Waals surface area contributed by atoms with Crippen molar-refractivity contribution in [1.82, 2.24) is 9.80 Å². The standard InChI is InChI=1S/C17H20N4O4/c22-17(18-15-5-1-2-6-16(15)21(23)24)13-20-9-7-19(8-10-20)12-14-4-3-11-25-14/h1-6,11H,7-10,12-13H2,(H,18,22). The van der Waals surface area contributed by atoms with Gasteiger partial charge in [0.15, 0.2) is 0 Å². The van der Waals surface area contributed by atoms with Crippen LogP contribution in [0.1, 0.15) is 5.76 Å². The summed E-state index contributed by atoms with van der Waals surface area (Å²) in [5.41, 5.74) is 0.132. The minimum atomic E-state index is -0.497. The lowest BCUT2D eigenvalue weighted by molar-refractivity contribution is -0.383. The number of piperazine rings is 1. The SMILES string of the molecule is O=C(CN1CCN(Cc2ccco2)CC1)Nc1ccccc1[N+](=O)[O-]. The third-order valence-corrected chi connectivity index (χ3v) is 4.17. The number of hydrogen-bond donors (Lipinski definition) is 1. The number of nitrogens with one attached hydrogen (secondary N) is 1. The summed E-state index contributed by atoms with van der Waals surface area (Å²) >= 11 is 0. The summed E-state index contributed by atoms with van der Waals surface area (Å²) in [5, 5.41) is 13.6. The van der Waals surface area contributed by atoms with E-state index in [9.17, 15) is 14.9 Å². The number of amides is 1. The Labute approximate surface area is 145 Å². The average molecular weight is 344 g/mol. The van der Waals surface area contributed by atoms with Gasteiger partial charge in [0.1, 0.15) is 11.4 Å². The molecule has 132 valence electrons. The van der Waals surface area contributed by atoms with E-state index in [2.05, 4.69) is 10.2 Å². The predicted molar refractivity (Wildman–Crippen MR) is 92.2 cm³/mol. The maximum Gasteiger partial charge on any atom is 0.292 e. The van der Waals surface area contributed by atoms with Gasteiger partial charge in [0.2, 0.25) is 5.91 Å². The number of anilines is 1. The Bertz CT molecular complexity index is 724. The van der Waals surface area contributed by atoms with Crippen molar-refractivity contribution in [3.63, 3.8) is 0 Å².